The molecule has 0 aliphatic carbocycles. The molecule has 0 radical (unpaired) electrons. The summed E-state index contributed by atoms with van der Waals surface area (Å²) in [6.45, 7) is 1.05. The highest BCUT2D eigenvalue weighted by Crippen LogP contribution is 2.41. The number of rotatable bonds is 4. The van der Waals surface area contributed by atoms with Gasteiger partial charge in [-0.05, 0) is 29.9 Å². The second-order valence-electron chi connectivity index (χ2n) is 7.22. The van der Waals surface area contributed by atoms with E-state index in [0.717, 1.165) is 11.1 Å². The number of likely N-dealkylation sites (tertiary alicyclic amines) is 1. The minimum atomic E-state index is -1.11. The van der Waals surface area contributed by atoms with Crippen molar-refractivity contribution in [2.45, 2.75) is 18.4 Å². The molecule has 6 nitrogen and oxygen atoms in total. The lowest BCUT2D eigenvalue weighted by Crippen LogP contribution is -2.46. The lowest BCUT2D eigenvalue weighted by molar-refractivity contribution is -0.0123. The van der Waals surface area contributed by atoms with Gasteiger partial charge in [0.1, 0.15) is 11.3 Å². The number of aromatic amines is 2. The maximum absolute atomic E-state index is 12.6. The summed E-state index contributed by atoms with van der Waals surface area (Å²) in [5.41, 5.74) is 0.493. The van der Waals surface area contributed by atoms with Gasteiger partial charge in [0, 0.05) is 19.3 Å². The third-order valence-corrected chi connectivity index (χ3v) is 5.63. The summed E-state index contributed by atoms with van der Waals surface area (Å²) in [6.07, 6.45) is 2.74. The van der Waals surface area contributed by atoms with Crippen molar-refractivity contribution in [3.63, 3.8) is 0 Å². The smallest absolute Gasteiger partial charge is 0.323 e. The van der Waals surface area contributed by atoms with Crippen molar-refractivity contribution in [1.82, 2.24) is 14.9 Å². The number of nitrogens with zero attached hydrogens (tertiary/aromatic N) is 1. The number of aliphatic hydroxyl groups is 1. The average molecular weight is 377 g/mol. The topological polar surface area (TPSA) is 89.2 Å². The fourth-order valence-electron chi connectivity index (χ4n) is 4.14. The third kappa shape index (κ3) is 3.27. The van der Waals surface area contributed by atoms with Crippen LogP contribution in [0.4, 0.5) is 0 Å². The van der Waals surface area contributed by atoms with E-state index in [2.05, 4.69) is 9.97 Å². The highest BCUT2D eigenvalue weighted by molar-refractivity contribution is 5.92. The predicted octanol–water partition coefficient (Wildman–Crippen LogP) is 2.49. The van der Waals surface area contributed by atoms with Gasteiger partial charge in [0.05, 0.1) is 0 Å². The van der Waals surface area contributed by atoms with Crippen LogP contribution in [-0.4, -0.2) is 39.0 Å². The Morgan fingerprint density at radius 2 is 1.50 bits per heavy atom. The maximum atomic E-state index is 12.6. The molecule has 0 unspecified atom stereocenters. The van der Waals surface area contributed by atoms with Crippen LogP contribution in [0.15, 0.2) is 71.7 Å². The van der Waals surface area contributed by atoms with Gasteiger partial charge >= 0.3 is 5.69 Å². The minimum absolute atomic E-state index is 0.0216. The molecule has 144 valence electrons. The van der Waals surface area contributed by atoms with Gasteiger partial charge in [0.15, 0.2) is 0 Å². The summed E-state index contributed by atoms with van der Waals surface area (Å²) in [6, 6.07) is 19.4. The zero-order valence-electron chi connectivity index (χ0n) is 15.5. The van der Waals surface area contributed by atoms with Crippen LogP contribution in [-0.2, 0) is 5.60 Å². The fourth-order valence-corrected chi connectivity index (χ4v) is 4.14. The molecule has 1 aliphatic heterocycles. The molecule has 1 saturated heterocycles. The lowest BCUT2D eigenvalue weighted by atomic mass is 9.72. The standard InChI is InChI=1S/C22H23N3O3/c26-20(19-15-23-21(27)24-19)25-13-11-18(12-14-25)22(28,16-7-3-1-4-8-16)17-9-5-2-6-10-17/h1-10,15,18,28H,11-14H2,(H2,23,24,27). The molecule has 2 heterocycles. The van der Waals surface area contributed by atoms with Gasteiger partial charge in [-0.1, -0.05) is 60.7 Å². The Hall–Kier alpha value is -3.12. The molecule has 0 saturated carbocycles. The quantitative estimate of drug-likeness (QED) is 0.653. The summed E-state index contributed by atoms with van der Waals surface area (Å²) in [7, 11) is 0. The molecule has 28 heavy (non-hydrogen) atoms. The van der Waals surface area contributed by atoms with Crippen LogP contribution in [0.5, 0.6) is 0 Å². The second-order valence-corrected chi connectivity index (χ2v) is 7.22. The van der Waals surface area contributed by atoms with E-state index in [1.54, 1.807) is 4.90 Å². The minimum Gasteiger partial charge on any atom is -0.380 e. The highest BCUT2D eigenvalue weighted by atomic mass is 16.3. The maximum Gasteiger partial charge on any atom is 0.323 e. The van der Waals surface area contributed by atoms with E-state index < -0.39 is 5.60 Å². The van der Waals surface area contributed by atoms with E-state index in [0.29, 0.717) is 25.9 Å². The largest absolute Gasteiger partial charge is 0.380 e. The lowest BCUT2D eigenvalue weighted by Gasteiger charge is -2.42. The summed E-state index contributed by atoms with van der Waals surface area (Å²) < 4.78 is 0. The van der Waals surface area contributed by atoms with E-state index in [9.17, 15) is 14.7 Å². The fraction of sp³-hybridized carbons (Fsp3) is 0.273. The molecule has 2 aromatic carbocycles. The van der Waals surface area contributed by atoms with Crippen molar-refractivity contribution in [3.8, 4) is 0 Å². The number of carbonyl (C=O) groups is 1. The molecule has 1 aromatic heterocycles. The zero-order chi connectivity index (χ0) is 19.6. The highest BCUT2D eigenvalue weighted by Gasteiger charge is 2.42. The number of amides is 1. The van der Waals surface area contributed by atoms with Crippen LogP contribution in [0.1, 0.15) is 34.5 Å². The first kappa shape index (κ1) is 18.3. The zero-order valence-corrected chi connectivity index (χ0v) is 15.5. The Kier molecular flexibility index (Phi) is 4.88. The Morgan fingerprint density at radius 3 is 1.96 bits per heavy atom. The summed E-state index contributed by atoms with van der Waals surface area (Å²) in [4.78, 5) is 30.6. The summed E-state index contributed by atoms with van der Waals surface area (Å²) in [5.74, 6) is -0.216. The molecular weight excluding hydrogens is 354 g/mol. The van der Waals surface area contributed by atoms with Gasteiger partial charge in [-0.3, -0.25) is 4.79 Å². The normalized spacial score (nSPS) is 15.5. The van der Waals surface area contributed by atoms with Crippen LogP contribution in [0.3, 0.4) is 0 Å². The number of hydrogen-bond donors (Lipinski definition) is 3. The predicted molar refractivity (Wildman–Crippen MR) is 106 cm³/mol. The Bertz CT molecular complexity index is 947. The molecule has 1 aliphatic rings. The molecule has 0 atom stereocenters. The molecular formula is C22H23N3O3. The summed E-state index contributed by atoms with van der Waals surface area (Å²) >= 11 is 0. The molecule has 0 spiro atoms. The van der Waals surface area contributed by atoms with Gasteiger partial charge in [-0.2, -0.15) is 0 Å². The molecule has 0 bridgehead atoms. The van der Waals surface area contributed by atoms with Crippen molar-refractivity contribution < 1.29 is 9.90 Å². The molecule has 3 aromatic rings. The number of piperidine rings is 1. The number of hydrogen-bond acceptors (Lipinski definition) is 3. The first-order chi connectivity index (χ1) is 13.6. The Morgan fingerprint density at radius 1 is 0.964 bits per heavy atom. The van der Waals surface area contributed by atoms with Crippen molar-refractivity contribution in [1.29, 1.82) is 0 Å². The van der Waals surface area contributed by atoms with Crippen LogP contribution in [0.2, 0.25) is 0 Å². The Labute approximate surface area is 162 Å². The average Bonchev–Trinajstić information content (AvgIpc) is 3.20. The number of benzene rings is 2. The van der Waals surface area contributed by atoms with E-state index >= 15 is 0 Å². The second kappa shape index (κ2) is 7.48. The van der Waals surface area contributed by atoms with Crippen LogP contribution in [0.25, 0.3) is 0 Å². The van der Waals surface area contributed by atoms with Gasteiger partial charge < -0.3 is 20.0 Å². The molecule has 4 rings (SSSR count). The molecule has 3 N–H and O–H groups in total. The van der Waals surface area contributed by atoms with Crippen molar-refractivity contribution in [2.75, 3.05) is 13.1 Å². The van der Waals surface area contributed by atoms with Crippen molar-refractivity contribution in [2.24, 2.45) is 5.92 Å². The number of carbonyl (C=O) groups excluding carboxylic acids is 1. The van der Waals surface area contributed by atoms with Crippen molar-refractivity contribution in [3.05, 3.63) is 94.2 Å². The monoisotopic (exact) mass is 377 g/mol. The van der Waals surface area contributed by atoms with Crippen molar-refractivity contribution >= 4 is 5.91 Å². The van der Waals surface area contributed by atoms with Gasteiger partial charge in [0.2, 0.25) is 0 Å². The van der Waals surface area contributed by atoms with Crippen LogP contribution < -0.4 is 5.69 Å². The van der Waals surface area contributed by atoms with E-state index in [4.69, 9.17) is 0 Å². The first-order valence-corrected chi connectivity index (χ1v) is 9.49. The van der Waals surface area contributed by atoms with Crippen LogP contribution in [0, 0.1) is 5.92 Å². The number of imidazole rings is 1. The molecule has 1 fully saturated rings. The third-order valence-electron chi connectivity index (χ3n) is 5.63. The van der Waals surface area contributed by atoms with Gasteiger partial charge in [0.25, 0.3) is 5.91 Å². The number of aromatic nitrogens is 2. The van der Waals surface area contributed by atoms with Crippen LogP contribution >= 0.6 is 0 Å². The van der Waals surface area contributed by atoms with Gasteiger partial charge in [-0.15, -0.1) is 0 Å². The SMILES string of the molecule is O=C(c1c[nH]c(=O)[nH]1)N1CCC(C(O)(c2ccccc2)c2ccccc2)CC1. The first-order valence-electron chi connectivity index (χ1n) is 9.49. The van der Waals surface area contributed by atoms with E-state index in [-0.39, 0.29) is 23.2 Å². The van der Waals surface area contributed by atoms with Gasteiger partial charge in [-0.25, -0.2) is 4.79 Å². The van der Waals surface area contributed by atoms with E-state index in [1.807, 2.05) is 60.7 Å². The molecule has 6 heteroatoms. The number of nitrogens with one attached hydrogen (secondary N) is 2. The Balaban J connectivity index is 1.58. The molecule has 1 amide bonds. The number of H-pyrrole nitrogens is 2. The van der Waals surface area contributed by atoms with E-state index in [1.165, 1.54) is 6.20 Å². The summed E-state index contributed by atoms with van der Waals surface area (Å²) in [5, 5.41) is 11.9.